The van der Waals surface area contributed by atoms with E-state index in [1.165, 1.54) is 38.8 Å². The minimum atomic E-state index is 0.883. The van der Waals surface area contributed by atoms with Crippen LogP contribution in [0.2, 0.25) is 0 Å². The summed E-state index contributed by atoms with van der Waals surface area (Å²) in [5.74, 6) is 2.90. The molecule has 0 aliphatic heterocycles. The number of anilines is 1. The van der Waals surface area contributed by atoms with Gasteiger partial charge in [-0.05, 0) is 53.4 Å². The van der Waals surface area contributed by atoms with Crippen LogP contribution in [0.1, 0.15) is 25.7 Å². The fourth-order valence-corrected chi connectivity index (χ4v) is 2.28. The molecule has 0 unspecified atom stereocenters. The average Bonchev–Trinajstić information content (AvgIpc) is 3.11. The summed E-state index contributed by atoms with van der Waals surface area (Å²) in [4.78, 5) is 10.9. The average molecular weight is 282 g/mol. The van der Waals surface area contributed by atoms with Crippen molar-refractivity contribution in [2.24, 2.45) is 11.8 Å². The lowest BCUT2D eigenvalue weighted by Crippen LogP contribution is -2.28. The van der Waals surface area contributed by atoms with Crippen molar-refractivity contribution in [3.63, 3.8) is 0 Å². The van der Waals surface area contributed by atoms with Gasteiger partial charge in [-0.15, -0.1) is 0 Å². The zero-order valence-corrected chi connectivity index (χ0v) is 10.9. The molecule has 0 atom stereocenters. The molecule has 2 saturated carbocycles. The second-order valence-corrected chi connectivity index (χ2v) is 5.80. The van der Waals surface area contributed by atoms with Crippen LogP contribution in [0.15, 0.2) is 17.0 Å². The third-order valence-corrected chi connectivity index (χ3v) is 3.73. The van der Waals surface area contributed by atoms with Gasteiger partial charge in [-0.25, -0.2) is 9.97 Å². The lowest BCUT2D eigenvalue weighted by Gasteiger charge is -2.23. The predicted molar refractivity (Wildman–Crippen MR) is 67.4 cm³/mol. The van der Waals surface area contributed by atoms with Gasteiger partial charge in [0.15, 0.2) is 0 Å². The van der Waals surface area contributed by atoms with E-state index < -0.39 is 0 Å². The molecule has 1 heterocycles. The molecule has 1 aromatic heterocycles. The van der Waals surface area contributed by atoms with Crippen molar-refractivity contribution in [2.45, 2.75) is 25.7 Å². The van der Waals surface area contributed by atoms with Gasteiger partial charge in [-0.3, -0.25) is 0 Å². The monoisotopic (exact) mass is 281 g/mol. The highest BCUT2D eigenvalue weighted by Crippen LogP contribution is 2.35. The van der Waals surface area contributed by atoms with Gasteiger partial charge < -0.3 is 4.90 Å². The van der Waals surface area contributed by atoms with Crippen molar-refractivity contribution >= 4 is 21.7 Å². The Morgan fingerprint density at radius 2 is 1.75 bits per heavy atom. The Morgan fingerprint density at radius 1 is 1.12 bits per heavy atom. The van der Waals surface area contributed by atoms with Crippen LogP contribution in [-0.4, -0.2) is 23.1 Å². The van der Waals surface area contributed by atoms with Crippen molar-refractivity contribution < 1.29 is 0 Å². The first-order valence-electron chi connectivity index (χ1n) is 6.04. The molecule has 0 aromatic carbocycles. The number of rotatable bonds is 5. The molecule has 3 rings (SSSR count). The number of aromatic nitrogens is 2. The largest absolute Gasteiger partial charge is 0.356 e. The lowest BCUT2D eigenvalue weighted by atomic mass is 10.3. The second kappa shape index (κ2) is 4.32. The van der Waals surface area contributed by atoms with Gasteiger partial charge in [0.05, 0.1) is 0 Å². The summed E-state index contributed by atoms with van der Waals surface area (Å²) in [7, 11) is 0. The molecule has 4 heteroatoms. The fraction of sp³-hybridized carbons (Fsp3) is 0.667. The number of hydrogen-bond acceptors (Lipinski definition) is 3. The maximum atomic E-state index is 4.39. The molecular weight excluding hydrogens is 266 g/mol. The molecule has 0 N–H and O–H groups in total. The van der Waals surface area contributed by atoms with Gasteiger partial charge in [-0.2, -0.15) is 0 Å². The van der Waals surface area contributed by atoms with Crippen LogP contribution in [0.25, 0.3) is 0 Å². The van der Waals surface area contributed by atoms with Gasteiger partial charge in [0.2, 0.25) is 0 Å². The van der Waals surface area contributed by atoms with Crippen molar-refractivity contribution in [2.75, 3.05) is 18.0 Å². The Bertz CT molecular complexity index is 360. The minimum absolute atomic E-state index is 0.883. The van der Waals surface area contributed by atoms with Gasteiger partial charge in [0.1, 0.15) is 16.7 Å². The molecule has 0 radical (unpaired) electrons. The van der Waals surface area contributed by atoms with E-state index in [0.29, 0.717) is 0 Å². The van der Waals surface area contributed by atoms with E-state index in [4.69, 9.17) is 0 Å². The number of halogens is 1. The predicted octanol–water partition coefficient (Wildman–Crippen LogP) is 2.87. The zero-order chi connectivity index (χ0) is 11.0. The van der Waals surface area contributed by atoms with Crippen LogP contribution < -0.4 is 4.90 Å². The molecule has 86 valence electrons. The summed E-state index contributed by atoms with van der Waals surface area (Å²) in [6.45, 7) is 2.36. The summed E-state index contributed by atoms with van der Waals surface area (Å²) in [6.07, 6.45) is 7.23. The molecule has 2 aliphatic rings. The van der Waals surface area contributed by atoms with Gasteiger partial charge in [0.25, 0.3) is 0 Å². The quantitative estimate of drug-likeness (QED) is 0.778. The Morgan fingerprint density at radius 3 is 2.25 bits per heavy atom. The van der Waals surface area contributed by atoms with E-state index in [1.54, 1.807) is 6.33 Å². The van der Waals surface area contributed by atoms with E-state index in [0.717, 1.165) is 22.3 Å². The van der Waals surface area contributed by atoms with Gasteiger partial charge in [-0.1, -0.05) is 0 Å². The Labute approximate surface area is 104 Å². The van der Waals surface area contributed by atoms with E-state index in [1.807, 2.05) is 6.07 Å². The Kier molecular flexibility index (Phi) is 2.84. The first-order chi connectivity index (χ1) is 7.81. The topological polar surface area (TPSA) is 29.0 Å². The summed E-state index contributed by atoms with van der Waals surface area (Å²) in [6, 6.07) is 2.03. The van der Waals surface area contributed by atoms with E-state index in [2.05, 4.69) is 30.8 Å². The van der Waals surface area contributed by atoms with Crippen LogP contribution in [0.4, 0.5) is 5.82 Å². The third-order valence-electron chi connectivity index (χ3n) is 3.29. The van der Waals surface area contributed by atoms with E-state index in [-0.39, 0.29) is 0 Å². The third kappa shape index (κ3) is 2.73. The Balaban J connectivity index is 1.73. The van der Waals surface area contributed by atoms with Crippen LogP contribution in [0, 0.1) is 11.8 Å². The van der Waals surface area contributed by atoms with Gasteiger partial charge >= 0.3 is 0 Å². The molecule has 0 spiro atoms. The van der Waals surface area contributed by atoms with Crippen molar-refractivity contribution in [3.05, 3.63) is 17.0 Å². The maximum absolute atomic E-state index is 4.39. The highest BCUT2D eigenvalue weighted by atomic mass is 79.9. The molecule has 1 aromatic rings. The van der Waals surface area contributed by atoms with Crippen molar-refractivity contribution in [1.82, 2.24) is 9.97 Å². The van der Waals surface area contributed by atoms with E-state index in [9.17, 15) is 0 Å². The zero-order valence-electron chi connectivity index (χ0n) is 9.27. The molecule has 0 amide bonds. The summed E-state index contributed by atoms with van der Waals surface area (Å²) in [5, 5.41) is 0. The number of nitrogens with zero attached hydrogens (tertiary/aromatic N) is 3. The minimum Gasteiger partial charge on any atom is -0.356 e. The van der Waals surface area contributed by atoms with Crippen molar-refractivity contribution in [1.29, 1.82) is 0 Å². The summed E-state index contributed by atoms with van der Waals surface area (Å²) < 4.78 is 0.883. The smallest absolute Gasteiger partial charge is 0.133 e. The molecule has 2 aliphatic carbocycles. The second-order valence-electron chi connectivity index (χ2n) is 4.99. The maximum Gasteiger partial charge on any atom is 0.133 e. The highest BCUT2D eigenvalue weighted by molar-refractivity contribution is 9.10. The van der Waals surface area contributed by atoms with Crippen LogP contribution in [-0.2, 0) is 0 Å². The molecule has 3 nitrogen and oxygen atoms in total. The molecule has 0 bridgehead atoms. The first kappa shape index (κ1) is 10.5. The number of hydrogen-bond donors (Lipinski definition) is 0. The molecular formula is C12H16BrN3. The fourth-order valence-electron chi connectivity index (χ4n) is 1.98. The first-order valence-corrected chi connectivity index (χ1v) is 6.83. The van der Waals surface area contributed by atoms with Crippen molar-refractivity contribution in [3.8, 4) is 0 Å². The summed E-state index contributed by atoms with van der Waals surface area (Å²) >= 11 is 3.42. The SMILES string of the molecule is Brc1cc(N(CC2CC2)CC2CC2)ncn1. The van der Waals surface area contributed by atoms with E-state index >= 15 is 0 Å². The van der Waals surface area contributed by atoms with Crippen LogP contribution in [0.5, 0.6) is 0 Å². The highest BCUT2D eigenvalue weighted by Gasteiger charge is 2.29. The molecule has 16 heavy (non-hydrogen) atoms. The van der Waals surface area contributed by atoms with Crippen LogP contribution >= 0.6 is 15.9 Å². The van der Waals surface area contributed by atoms with Gasteiger partial charge in [0, 0.05) is 19.2 Å². The summed E-state index contributed by atoms with van der Waals surface area (Å²) in [5.41, 5.74) is 0. The standard InChI is InChI=1S/C12H16BrN3/c13-11-5-12(15-8-14-11)16(6-9-1-2-9)7-10-3-4-10/h5,8-10H,1-4,6-7H2. The Hall–Kier alpha value is -0.640. The normalized spacial score (nSPS) is 19.8. The molecule has 2 fully saturated rings. The molecule has 0 saturated heterocycles. The van der Waals surface area contributed by atoms with Crippen LogP contribution in [0.3, 0.4) is 0 Å². The lowest BCUT2D eigenvalue weighted by molar-refractivity contribution is 0.670.